The Morgan fingerprint density at radius 1 is 1.43 bits per heavy atom. The van der Waals surface area contributed by atoms with Crippen LogP contribution in [0.25, 0.3) is 0 Å². The molecule has 114 valence electrons. The van der Waals surface area contributed by atoms with Crippen LogP contribution in [0.2, 0.25) is 0 Å². The molecule has 7 heteroatoms. The maximum atomic E-state index is 13.2. The quantitative estimate of drug-likeness (QED) is 0.781. The van der Waals surface area contributed by atoms with Gasteiger partial charge in [0.2, 0.25) is 0 Å². The highest BCUT2D eigenvalue weighted by Crippen LogP contribution is 2.42. The van der Waals surface area contributed by atoms with Gasteiger partial charge >= 0.3 is 12.0 Å². The zero-order valence-electron chi connectivity index (χ0n) is 11.6. The van der Waals surface area contributed by atoms with Crippen molar-refractivity contribution < 1.29 is 19.1 Å². The van der Waals surface area contributed by atoms with Crippen molar-refractivity contribution in [1.29, 1.82) is 0 Å². The molecule has 5 nitrogen and oxygen atoms in total. The van der Waals surface area contributed by atoms with Crippen LogP contribution in [0.5, 0.6) is 0 Å². The summed E-state index contributed by atoms with van der Waals surface area (Å²) in [5, 5.41) is 14.1. The van der Waals surface area contributed by atoms with Gasteiger partial charge in [0.05, 0.1) is 11.3 Å². The average Bonchev–Trinajstić information content (AvgIpc) is 2.37. The zero-order valence-corrected chi connectivity index (χ0v) is 12.4. The number of carboxylic acid groups (broad SMARTS) is 1. The van der Waals surface area contributed by atoms with Gasteiger partial charge in [0.15, 0.2) is 0 Å². The second kappa shape index (κ2) is 6.34. The lowest BCUT2D eigenvalue weighted by Gasteiger charge is -2.40. The van der Waals surface area contributed by atoms with E-state index < -0.39 is 17.8 Å². The van der Waals surface area contributed by atoms with E-state index in [0.717, 1.165) is 37.5 Å². The first kappa shape index (κ1) is 15.6. The number of anilines is 1. The summed E-state index contributed by atoms with van der Waals surface area (Å²) in [4.78, 5) is 22.9. The Balaban J connectivity index is 1.99. The summed E-state index contributed by atoms with van der Waals surface area (Å²) < 4.78 is 13.3. The molecule has 21 heavy (non-hydrogen) atoms. The summed E-state index contributed by atoms with van der Waals surface area (Å²) in [7, 11) is 0. The van der Waals surface area contributed by atoms with E-state index in [4.69, 9.17) is 5.11 Å². The summed E-state index contributed by atoms with van der Waals surface area (Å²) in [5.74, 6) is -1.82. The highest BCUT2D eigenvalue weighted by Gasteiger charge is 2.36. The molecule has 0 bridgehead atoms. The van der Waals surface area contributed by atoms with Crippen LogP contribution in [0.1, 0.15) is 29.6 Å². The molecule has 0 saturated heterocycles. The Bertz CT molecular complexity index is 556. The lowest BCUT2D eigenvalue weighted by Crippen LogP contribution is -2.46. The SMILES string of the molecule is CSC1(CNC(=O)Nc2cc(F)ccc2C(=O)O)CCC1. The summed E-state index contributed by atoms with van der Waals surface area (Å²) in [6.07, 6.45) is 5.26. The fourth-order valence-corrected chi connectivity index (χ4v) is 3.15. The molecule has 0 spiro atoms. The van der Waals surface area contributed by atoms with Gasteiger partial charge in [-0.1, -0.05) is 6.42 Å². The molecule has 0 heterocycles. The third-order valence-corrected chi connectivity index (χ3v) is 5.15. The van der Waals surface area contributed by atoms with Gasteiger partial charge in [-0.15, -0.1) is 0 Å². The van der Waals surface area contributed by atoms with E-state index in [-0.39, 0.29) is 16.0 Å². The number of hydrogen-bond donors (Lipinski definition) is 3. The molecule has 2 amide bonds. The molecule has 1 aliphatic rings. The Hall–Kier alpha value is -1.76. The molecule has 1 aliphatic carbocycles. The number of halogens is 1. The first-order valence-corrected chi connectivity index (χ1v) is 7.81. The maximum absolute atomic E-state index is 13.2. The molecule has 1 aromatic carbocycles. The third kappa shape index (κ3) is 3.66. The summed E-state index contributed by atoms with van der Waals surface area (Å²) in [5.41, 5.74) is -0.193. The first-order chi connectivity index (χ1) is 9.96. The summed E-state index contributed by atoms with van der Waals surface area (Å²) in [6.45, 7) is 0.512. The third-order valence-electron chi connectivity index (χ3n) is 3.73. The van der Waals surface area contributed by atoms with E-state index in [1.54, 1.807) is 11.8 Å². The van der Waals surface area contributed by atoms with Crippen LogP contribution < -0.4 is 10.6 Å². The maximum Gasteiger partial charge on any atom is 0.337 e. The molecule has 0 radical (unpaired) electrons. The van der Waals surface area contributed by atoms with Crippen molar-refractivity contribution in [3.8, 4) is 0 Å². The topological polar surface area (TPSA) is 78.4 Å². The van der Waals surface area contributed by atoms with E-state index in [0.29, 0.717) is 6.54 Å². The Morgan fingerprint density at radius 2 is 2.14 bits per heavy atom. The Labute approximate surface area is 126 Å². The molecule has 2 rings (SSSR count). The number of rotatable bonds is 5. The van der Waals surface area contributed by atoms with Gasteiger partial charge in [0, 0.05) is 11.3 Å². The standard InChI is InChI=1S/C14H17FN2O3S/c1-21-14(5-2-6-14)8-16-13(20)17-11-7-9(15)3-4-10(11)12(18)19/h3-4,7H,2,5-6,8H2,1H3,(H,18,19)(H2,16,17,20). The van der Waals surface area contributed by atoms with Crippen LogP contribution in [0, 0.1) is 5.82 Å². The fraction of sp³-hybridized carbons (Fsp3) is 0.429. The molecule has 0 atom stereocenters. The van der Waals surface area contributed by atoms with Crippen molar-refractivity contribution in [3.63, 3.8) is 0 Å². The minimum atomic E-state index is -1.22. The van der Waals surface area contributed by atoms with Crippen LogP contribution in [-0.4, -0.2) is 34.7 Å². The van der Waals surface area contributed by atoms with Gasteiger partial charge in [0.1, 0.15) is 5.82 Å². The summed E-state index contributed by atoms with van der Waals surface area (Å²) in [6, 6.07) is 2.64. The van der Waals surface area contributed by atoms with Crippen molar-refractivity contribution in [3.05, 3.63) is 29.6 Å². The smallest absolute Gasteiger partial charge is 0.337 e. The molecular weight excluding hydrogens is 295 g/mol. The van der Waals surface area contributed by atoms with Crippen LogP contribution in [0.3, 0.4) is 0 Å². The Morgan fingerprint density at radius 3 is 2.67 bits per heavy atom. The van der Waals surface area contributed by atoms with Crippen molar-refractivity contribution in [2.75, 3.05) is 18.1 Å². The predicted octanol–water partition coefficient (Wildman–Crippen LogP) is 2.93. The van der Waals surface area contributed by atoms with Crippen molar-refractivity contribution >= 4 is 29.4 Å². The normalized spacial score (nSPS) is 15.9. The van der Waals surface area contributed by atoms with E-state index >= 15 is 0 Å². The number of benzene rings is 1. The highest BCUT2D eigenvalue weighted by molar-refractivity contribution is 8.00. The number of amides is 2. The van der Waals surface area contributed by atoms with Gasteiger partial charge in [0.25, 0.3) is 0 Å². The molecule has 0 aromatic heterocycles. The highest BCUT2D eigenvalue weighted by atomic mass is 32.2. The second-order valence-corrected chi connectivity index (χ2v) is 6.32. The number of urea groups is 1. The molecule has 3 N–H and O–H groups in total. The zero-order chi connectivity index (χ0) is 15.5. The predicted molar refractivity (Wildman–Crippen MR) is 80.5 cm³/mol. The van der Waals surface area contributed by atoms with Gasteiger partial charge < -0.3 is 15.7 Å². The number of carbonyl (C=O) groups is 2. The van der Waals surface area contributed by atoms with E-state index in [9.17, 15) is 14.0 Å². The average molecular weight is 312 g/mol. The molecule has 1 aromatic rings. The second-order valence-electron chi connectivity index (χ2n) is 5.04. The number of carboxylic acids is 1. The monoisotopic (exact) mass is 312 g/mol. The molecule has 0 aliphatic heterocycles. The largest absolute Gasteiger partial charge is 0.478 e. The number of thioether (sulfide) groups is 1. The molecular formula is C14H17FN2O3S. The van der Waals surface area contributed by atoms with Gasteiger partial charge in [-0.05, 0) is 37.3 Å². The van der Waals surface area contributed by atoms with E-state index in [1.807, 2.05) is 6.26 Å². The number of nitrogens with one attached hydrogen (secondary N) is 2. The van der Waals surface area contributed by atoms with Crippen molar-refractivity contribution in [2.24, 2.45) is 0 Å². The fourth-order valence-electron chi connectivity index (χ4n) is 2.24. The molecule has 1 fully saturated rings. The van der Waals surface area contributed by atoms with E-state index in [1.165, 1.54) is 0 Å². The van der Waals surface area contributed by atoms with Crippen LogP contribution in [0.4, 0.5) is 14.9 Å². The number of carbonyl (C=O) groups excluding carboxylic acids is 1. The lowest BCUT2D eigenvalue weighted by molar-refractivity contribution is 0.0698. The first-order valence-electron chi connectivity index (χ1n) is 6.59. The van der Waals surface area contributed by atoms with Crippen molar-refractivity contribution in [1.82, 2.24) is 5.32 Å². The van der Waals surface area contributed by atoms with Crippen LogP contribution in [-0.2, 0) is 0 Å². The van der Waals surface area contributed by atoms with Gasteiger partial charge in [-0.25, -0.2) is 14.0 Å². The minimum Gasteiger partial charge on any atom is -0.478 e. The van der Waals surface area contributed by atoms with Gasteiger partial charge in [-0.2, -0.15) is 11.8 Å². The molecule has 1 saturated carbocycles. The summed E-state index contributed by atoms with van der Waals surface area (Å²) >= 11 is 1.72. The number of aromatic carboxylic acids is 1. The molecule has 0 unspecified atom stereocenters. The van der Waals surface area contributed by atoms with Crippen LogP contribution in [0.15, 0.2) is 18.2 Å². The van der Waals surface area contributed by atoms with Crippen molar-refractivity contribution in [2.45, 2.75) is 24.0 Å². The van der Waals surface area contributed by atoms with Crippen LogP contribution >= 0.6 is 11.8 Å². The van der Waals surface area contributed by atoms with Gasteiger partial charge in [-0.3, -0.25) is 0 Å². The lowest BCUT2D eigenvalue weighted by atomic mass is 9.84. The number of hydrogen-bond acceptors (Lipinski definition) is 3. The van der Waals surface area contributed by atoms with E-state index in [2.05, 4.69) is 10.6 Å². The Kier molecular flexibility index (Phi) is 4.72. The minimum absolute atomic E-state index is 0.0492.